The topological polar surface area (TPSA) is 56.2 Å². The molecule has 0 radical (unpaired) electrons. The van der Waals surface area contributed by atoms with E-state index in [1.807, 2.05) is 42.0 Å². The lowest BCUT2D eigenvalue weighted by molar-refractivity contribution is -0.123. The monoisotopic (exact) mass is 333 g/mol. The zero-order valence-electron chi connectivity index (χ0n) is 13.6. The lowest BCUT2D eigenvalue weighted by Gasteiger charge is -2.20. The minimum atomic E-state index is 0.0125. The summed E-state index contributed by atoms with van der Waals surface area (Å²) in [7, 11) is 0. The van der Waals surface area contributed by atoms with Crippen molar-refractivity contribution in [3.63, 3.8) is 0 Å². The number of para-hydroxylation sites is 2. The Morgan fingerprint density at radius 3 is 3.09 bits per heavy atom. The fourth-order valence-corrected chi connectivity index (χ4v) is 3.55. The number of carbonyl (C=O) groups excluding carboxylic acids is 1. The number of nitrogens with one attached hydrogen (secondary N) is 1. The molecule has 1 amide bonds. The molecule has 1 saturated heterocycles. The van der Waals surface area contributed by atoms with Crippen LogP contribution in [0.15, 0.2) is 24.3 Å². The summed E-state index contributed by atoms with van der Waals surface area (Å²) in [6, 6.07) is 8.01. The van der Waals surface area contributed by atoms with Crippen molar-refractivity contribution < 1.29 is 9.53 Å². The molecule has 2 aromatic rings. The Morgan fingerprint density at radius 1 is 1.52 bits per heavy atom. The molecule has 0 bridgehead atoms. The molecule has 1 aromatic heterocycles. The minimum absolute atomic E-state index is 0.0125. The number of benzene rings is 1. The molecule has 2 heterocycles. The van der Waals surface area contributed by atoms with Crippen LogP contribution in [0.25, 0.3) is 11.0 Å². The number of hydrogen-bond acceptors (Lipinski definition) is 4. The molecule has 5 nitrogen and oxygen atoms in total. The summed E-state index contributed by atoms with van der Waals surface area (Å²) in [6.45, 7) is 3.12. The number of hydrogen-bond donors (Lipinski definition) is 1. The Balaban J connectivity index is 1.74. The van der Waals surface area contributed by atoms with Crippen molar-refractivity contribution in [2.24, 2.45) is 0 Å². The molecule has 1 aliphatic heterocycles. The molecule has 6 heteroatoms. The van der Waals surface area contributed by atoms with Gasteiger partial charge in [0.2, 0.25) is 5.91 Å². The molecule has 0 spiro atoms. The third-order valence-corrected chi connectivity index (χ3v) is 4.77. The Morgan fingerprint density at radius 2 is 2.35 bits per heavy atom. The minimum Gasteiger partial charge on any atom is -0.376 e. The van der Waals surface area contributed by atoms with Gasteiger partial charge in [0.15, 0.2) is 0 Å². The maximum Gasteiger partial charge on any atom is 0.240 e. The van der Waals surface area contributed by atoms with Crippen molar-refractivity contribution in [1.82, 2.24) is 14.9 Å². The molecular formula is C17H23N3O2S. The fourth-order valence-electron chi connectivity index (χ4n) is 3.07. The van der Waals surface area contributed by atoms with E-state index in [2.05, 4.69) is 10.3 Å². The van der Waals surface area contributed by atoms with Crippen LogP contribution < -0.4 is 5.32 Å². The zero-order chi connectivity index (χ0) is 16.2. The van der Waals surface area contributed by atoms with Crippen molar-refractivity contribution in [2.75, 3.05) is 12.9 Å². The Hall–Kier alpha value is -1.53. The standard InChI is InChI=1S/C17H23N3O2S/c1-12(15-8-5-9-22-15)18-17(21)10-20-14-7-4-3-6-13(14)19-16(20)11-23-2/h3-4,6-7,12,15H,5,8-11H2,1-2H3,(H,18,21)/t12-,15+/m0/s1. The third kappa shape index (κ3) is 3.70. The second kappa shape index (κ2) is 7.36. The molecule has 1 aliphatic rings. The van der Waals surface area contributed by atoms with Crippen LogP contribution >= 0.6 is 11.8 Å². The van der Waals surface area contributed by atoms with Gasteiger partial charge >= 0.3 is 0 Å². The van der Waals surface area contributed by atoms with Crippen molar-refractivity contribution in [2.45, 2.75) is 44.2 Å². The normalized spacial score (nSPS) is 19.1. The van der Waals surface area contributed by atoms with Crippen LogP contribution in [-0.4, -0.2) is 40.5 Å². The van der Waals surface area contributed by atoms with E-state index in [-0.39, 0.29) is 18.1 Å². The predicted octanol–water partition coefficient (Wildman–Crippen LogP) is 2.58. The molecule has 124 valence electrons. The average molecular weight is 333 g/mol. The summed E-state index contributed by atoms with van der Waals surface area (Å²) in [5.74, 6) is 1.75. The van der Waals surface area contributed by atoms with Crippen LogP contribution in [0.3, 0.4) is 0 Å². The van der Waals surface area contributed by atoms with Crippen molar-refractivity contribution in [3.05, 3.63) is 30.1 Å². The highest BCUT2D eigenvalue weighted by atomic mass is 32.2. The molecule has 23 heavy (non-hydrogen) atoms. The van der Waals surface area contributed by atoms with Gasteiger partial charge in [0.05, 0.1) is 28.9 Å². The predicted molar refractivity (Wildman–Crippen MR) is 93.5 cm³/mol. The first-order chi connectivity index (χ1) is 11.2. The summed E-state index contributed by atoms with van der Waals surface area (Å²) in [6.07, 6.45) is 4.29. The summed E-state index contributed by atoms with van der Waals surface area (Å²) in [5.41, 5.74) is 1.95. The van der Waals surface area contributed by atoms with Crippen LogP contribution in [0.2, 0.25) is 0 Å². The SMILES string of the molecule is CSCc1nc2ccccc2n1CC(=O)N[C@@H](C)[C@H]1CCCO1. The first-order valence-corrected chi connectivity index (χ1v) is 9.42. The molecule has 2 atom stereocenters. The molecular weight excluding hydrogens is 310 g/mol. The van der Waals surface area contributed by atoms with E-state index in [1.54, 1.807) is 11.8 Å². The quantitative estimate of drug-likeness (QED) is 0.883. The second-order valence-corrected chi connectivity index (χ2v) is 6.81. The smallest absolute Gasteiger partial charge is 0.240 e. The first-order valence-electron chi connectivity index (χ1n) is 8.03. The van der Waals surface area contributed by atoms with E-state index in [4.69, 9.17) is 4.74 Å². The lowest BCUT2D eigenvalue weighted by Crippen LogP contribution is -2.42. The van der Waals surface area contributed by atoms with Gasteiger partial charge in [-0.3, -0.25) is 4.79 Å². The molecule has 1 aromatic carbocycles. The van der Waals surface area contributed by atoms with Gasteiger partial charge in [0, 0.05) is 6.61 Å². The Bertz CT molecular complexity index is 680. The summed E-state index contributed by atoms with van der Waals surface area (Å²) in [4.78, 5) is 17.1. The second-order valence-electron chi connectivity index (χ2n) is 5.94. The number of ether oxygens (including phenoxy) is 1. The van der Waals surface area contributed by atoms with Crippen molar-refractivity contribution in [3.8, 4) is 0 Å². The molecule has 1 N–H and O–H groups in total. The molecule has 0 saturated carbocycles. The van der Waals surface area contributed by atoms with E-state index in [0.717, 1.165) is 42.1 Å². The fraction of sp³-hybridized carbons (Fsp3) is 0.529. The highest BCUT2D eigenvalue weighted by Crippen LogP contribution is 2.19. The zero-order valence-corrected chi connectivity index (χ0v) is 14.4. The van der Waals surface area contributed by atoms with E-state index in [1.165, 1.54) is 0 Å². The lowest BCUT2D eigenvalue weighted by atomic mass is 10.1. The van der Waals surface area contributed by atoms with Gasteiger partial charge in [-0.2, -0.15) is 11.8 Å². The maximum absolute atomic E-state index is 12.5. The summed E-state index contributed by atoms with van der Waals surface area (Å²) in [5, 5.41) is 3.07. The number of aromatic nitrogens is 2. The number of thioether (sulfide) groups is 1. The summed E-state index contributed by atoms with van der Waals surface area (Å²) >= 11 is 1.71. The summed E-state index contributed by atoms with van der Waals surface area (Å²) < 4.78 is 7.66. The highest BCUT2D eigenvalue weighted by Gasteiger charge is 2.24. The first kappa shape index (κ1) is 16.3. The van der Waals surface area contributed by atoms with E-state index >= 15 is 0 Å². The van der Waals surface area contributed by atoms with Crippen LogP contribution in [0.5, 0.6) is 0 Å². The third-order valence-electron chi connectivity index (χ3n) is 4.22. The number of nitrogens with zero attached hydrogens (tertiary/aromatic N) is 2. The van der Waals surface area contributed by atoms with Gasteiger partial charge in [-0.25, -0.2) is 4.98 Å². The Labute approximate surface area is 140 Å². The van der Waals surface area contributed by atoms with Crippen LogP contribution in [0.1, 0.15) is 25.6 Å². The molecule has 1 fully saturated rings. The van der Waals surface area contributed by atoms with Crippen LogP contribution in [0.4, 0.5) is 0 Å². The number of rotatable bonds is 6. The van der Waals surface area contributed by atoms with E-state index in [0.29, 0.717) is 6.54 Å². The van der Waals surface area contributed by atoms with Crippen LogP contribution in [-0.2, 0) is 21.8 Å². The van der Waals surface area contributed by atoms with Gasteiger partial charge in [0.1, 0.15) is 12.4 Å². The largest absolute Gasteiger partial charge is 0.376 e. The van der Waals surface area contributed by atoms with Crippen LogP contribution in [0, 0.1) is 0 Å². The van der Waals surface area contributed by atoms with Gasteiger partial charge < -0.3 is 14.6 Å². The van der Waals surface area contributed by atoms with Gasteiger partial charge in [0.25, 0.3) is 0 Å². The van der Waals surface area contributed by atoms with Gasteiger partial charge in [-0.15, -0.1) is 0 Å². The van der Waals surface area contributed by atoms with Gasteiger partial charge in [-0.1, -0.05) is 12.1 Å². The van der Waals surface area contributed by atoms with Crippen molar-refractivity contribution in [1.29, 1.82) is 0 Å². The van der Waals surface area contributed by atoms with Crippen molar-refractivity contribution >= 4 is 28.7 Å². The maximum atomic E-state index is 12.5. The van der Waals surface area contributed by atoms with Gasteiger partial charge in [-0.05, 0) is 38.2 Å². The number of carbonyl (C=O) groups is 1. The van der Waals surface area contributed by atoms with E-state index < -0.39 is 0 Å². The number of imidazole rings is 1. The Kier molecular flexibility index (Phi) is 5.23. The number of amides is 1. The molecule has 0 unspecified atom stereocenters. The number of fused-ring (bicyclic) bond motifs is 1. The van der Waals surface area contributed by atoms with E-state index in [9.17, 15) is 4.79 Å². The average Bonchev–Trinajstić information content (AvgIpc) is 3.17. The molecule has 0 aliphatic carbocycles. The highest BCUT2D eigenvalue weighted by molar-refractivity contribution is 7.97. The molecule has 3 rings (SSSR count).